The topological polar surface area (TPSA) is 104 Å². The summed E-state index contributed by atoms with van der Waals surface area (Å²) < 4.78 is 1.79. The molecule has 2 saturated carbocycles. The fourth-order valence-electron chi connectivity index (χ4n) is 4.01. The second-order valence-corrected chi connectivity index (χ2v) is 7.17. The van der Waals surface area contributed by atoms with Gasteiger partial charge in [0.15, 0.2) is 0 Å². The summed E-state index contributed by atoms with van der Waals surface area (Å²) in [4.78, 5) is 39.0. The molecule has 7 nitrogen and oxygen atoms in total. The molecule has 0 spiro atoms. The third-order valence-electron chi connectivity index (χ3n) is 5.64. The summed E-state index contributed by atoms with van der Waals surface area (Å²) in [6.07, 6.45) is 5.94. The van der Waals surface area contributed by atoms with E-state index in [0.29, 0.717) is 23.9 Å². The van der Waals surface area contributed by atoms with E-state index in [1.807, 2.05) is 0 Å². The monoisotopic (exact) mass is 343 g/mol. The molecule has 2 aliphatic carbocycles. The molecule has 0 atom stereocenters. The Hall–Kier alpha value is -2.57. The van der Waals surface area contributed by atoms with E-state index < -0.39 is 17.4 Å². The van der Waals surface area contributed by atoms with E-state index in [2.05, 4.69) is 10.3 Å². The zero-order valence-electron chi connectivity index (χ0n) is 13.9. The van der Waals surface area contributed by atoms with Crippen LogP contribution in [0.5, 0.6) is 0 Å². The zero-order chi connectivity index (χ0) is 17.6. The standard InChI is InChI=1S/C18H21N3O4/c22-15(20-18(16(23)24)8-3-9-18)11-6-7-14-13(10-11)19-17(25)21(14)12-4-1-2-5-12/h6-7,10,12H,1-5,8-9H2,(H,19,25)(H,20,22)(H,23,24). The predicted octanol–water partition coefficient (Wildman–Crippen LogP) is 2.18. The van der Waals surface area contributed by atoms with Crippen LogP contribution >= 0.6 is 0 Å². The van der Waals surface area contributed by atoms with E-state index in [1.54, 1.807) is 22.8 Å². The van der Waals surface area contributed by atoms with Crippen LogP contribution in [0.15, 0.2) is 23.0 Å². The highest BCUT2D eigenvalue weighted by atomic mass is 16.4. The molecule has 2 aromatic rings. The zero-order valence-corrected chi connectivity index (χ0v) is 13.9. The third-order valence-corrected chi connectivity index (χ3v) is 5.64. The van der Waals surface area contributed by atoms with Gasteiger partial charge in [-0.2, -0.15) is 0 Å². The molecule has 25 heavy (non-hydrogen) atoms. The molecule has 2 aliphatic rings. The van der Waals surface area contributed by atoms with E-state index in [0.717, 1.165) is 37.6 Å². The number of carboxylic acid groups (broad SMARTS) is 1. The first-order valence-corrected chi connectivity index (χ1v) is 8.80. The molecule has 0 bridgehead atoms. The molecule has 0 unspecified atom stereocenters. The van der Waals surface area contributed by atoms with E-state index in [1.165, 1.54) is 0 Å². The Morgan fingerprint density at radius 3 is 2.52 bits per heavy atom. The van der Waals surface area contributed by atoms with Crippen LogP contribution in [0.2, 0.25) is 0 Å². The van der Waals surface area contributed by atoms with Gasteiger partial charge < -0.3 is 15.4 Å². The smallest absolute Gasteiger partial charge is 0.329 e. The summed E-state index contributed by atoms with van der Waals surface area (Å²) in [7, 11) is 0. The fraction of sp³-hybridized carbons (Fsp3) is 0.500. The number of aliphatic carboxylic acids is 1. The van der Waals surface area contributed by atoms with Crippen molar-refractivity contribution in [3.63, 3.8) is 0 Å². The van der Waals surface area contributed by atoms with Crippen molar-refractivity contribution >= 4 is 22.9 Å². The van der Waals surface area contributed by atoms with Crippen molar-refractivity contribution in [1.82, 2.24) is 14.9 Å². The maximum absolute atomic E-state index is 12.5. The molecule has 4 rings (SSSR count). The number of hydrogen-bond donors (Lipinski definition) is 3. The van der Waals surface area contributed by atoms with Gasteiger partial charge in [0.2, 0.25) is 0 Å². The number of carbonyl (C=O) groups excluding carboxylic acids is 1. The second kappa shape index (κ2) is 5.75. The Balaban J connectivity index is 1.64. The number of aromatic amines is 1. The van der Waals surface area contributed by atoms with E-state index >= 15 is 0 Å². The lowest BCUT2D eigenvalue weighted by Gasteiger charge is -2.38. The number of benzene rings is 1. The van der Waals surface area contributed by atoms with Gasteiger partial charge >= 0.3 is 11.7 Å². The number of carbonyl (C=O) groups is 2. The highest BCUT2D eigenvalue weighted by molar-refractivity contribution is 6.00. The van der Waals surface area contributed by atoms with Crippen LogP contribution < -0.4 is 11.0 Å². The van der Waals surface area contributed by atoms with Crippen molar-refractivity contribution in [2.75, 3.05) is 0 Å². The van der Waals surface area contributed by atoms with Crippen LogP contribution in [0.25, 0.3) is 11.0 Å². The number of nitrogens with zero attached hydrogens (tertiary/aromatic N) is 1. The molecule has 0 aliphatic heterocycles. The Labute approximate surface area is 144 Å². The number of carboxylic acids is 1. The van der Waals surface area contributed by atoms with Crippen molar-refractivity contribution in [2.45, 2.75) is 56.5 Å². The lowest BCUT2D eigenvalue weighted by atomic mass is 9.76. The Morgan fingerprint density at radius 1 is 1.20 bits per heavy atom. The molecule has 1 aromatic heterocycles. The summed E-state index contributed by atoms with van der Waals surface area (Å²) in [6.45, 7) is 0. The SMILES string of the molecule is O=C(NC1(C(=O)O)CCC1)c1ccc2c(c1)[nH]c(=O)n2C1CCCC1. The molecule has 0 radical (unpaired) electrons. The molecular formula is C18H21N3O4. The highest BCUT2D eigenvalue weighted by Crippen LogP contribution is 2.33. The number of amides is 1. The van der Waals surface area contributed by atoms with Crippen molar-refractivity contribution in [2.24, 2.45) is 0 Å². The molecule has 1 amide bonds. The van der Waals surface area contributed by atoms with Gasteiger partial charge in [0.05, 0.1) is 11.0 Å². The van der Waals surface area contributed by atoms with Crippen LogP contribution in [-0.4, -0.2) is 32.1 Å². The highest BCUT2D eigenvalue weighted by Gasteiger charge is 2.45. The summed E-state index contributed by atoms with van der Waals surface area (Å²) in [5.74, 6) is -1.41. The predicted molar refractivity (Wildman–Crippen MR) is 91.7 cm³/mol. The number of fused-ring (bicyclic) bond motifs is 1. The largest absolute Gasteiger partial charge is 0.480 e. The number of aromatic nitrogens is 2. The van der Waals surface area contributed by atoms with Crippen molar-refractivity contribution in [1.29, 1.82) is 0 Å². The average molecular weight is 343 g/mol. The van der Waals surface area contributed by atoms with E-state index in [4.69, 9.17) is 0 Å². The first kappa shape index (κ1) is 15.9. The number of H-pyrrole nitrogens is 1. The number of nitrogens with one attached hydrogen (secondary N) is 2. The summed E-state index contributed by atoms with van der Waals surface area (Å²) in [5, 5.41) is 12.0. The fourth-order valence-corrected chi connectivity index (χ4v) is 4.01. The van der Waals surface area contributed by atoms with Gasteiger partial charge in [-0.15, -0.1) is 0 Å². The van der Waals surface area contributed by atoms with Crippen LogP contribution in [0.4, 0.5) is 0 Å². The van der Waals surface area contributed by atoms with Crippen molar-refractivity contribution < 1.29 is 14.7 Å². The average Bonchev–Trinajstić information content (AvgIpc) is 3.15. The van der Waals surface area contributed by atoms with E-state index in [-0.39, 0.29) is 11.7 Å². The molecule has 2 fully saturated rings. The Kier molecular flexibility index (Phi) is 3.67. The van der Waals surface area contributed by atoms with Crippen LogP contribution in [0.1, 0.15) is 61.3 Å². The Morgan fingerprint density at radius 2 is 1.92 bits per heavy atom. The molecule has 3 N–H and O–H groups in total. The summed E-state index contributed by atoms with van der Waals surface area (Å²) in [5.41, 5.74) is 0.475. The third kappa shape index (κ3) is 2.54. The quantitative estimate of drug-likeness (QED) is 0.791. The molecule has 1 heterocycles. The van der Waals surface area contributed by atoms with Gasteiger partial charge in [0.1, 0.15) is 5.54 Å². The van der Waals surface area contributed by atoms with Crippen LogP contribution in [0.3, 0.4) is 0 Å². The van der Waals surface area contributed by atoms with Crippen LogP contribution in [-0.2, 0) is 4.79 Å². The maximum Gasteiger partial charge on any atom is 0.329 e. The molecular weight excluding hydrogens is 322 g/mol. The number of imidazole rings is 1. The van der Waals surface area contributed by atoms with E-state index in [9.17, 15) is 19.5 Å². The number of hydrogen-bond acceptors (Lipinski definition) is 3. The summed E-state index contributed by atoms with van der Waals surface area (Å²) >= 11 is 0. The molecule has 132 valence electrons. The lowest BCUT2D eigenvalue weighted by molar-refractivity contribution is -0.148. The Bertz CT molecular complexity index is 901. The summed E-state index contributed by atoms with van der Waals surface area (Å²) in [6, 6.07) is 5.27. The van der Waals surface area contributed by atoms with Crippen molar-refractivity contribution in [3.8, 4) is 0 Å². The minimum atomic E-state index is -1.14. The number of rotatable bonds is 4. The second-order valence-electron chi connectivity index (χ2n) is 7.17. The van der Waals surface area contributed by atoms with Gasteiger partial charge in [-0.05, 0) is 50.3 Å². The maximum atomic E-state index is 12.5. The van der Waals surface area contributed by atoms with Gasteiger partial charge in [-0.1, -0.05) is 12.8 Å². The normalized spacial score (nSPS) is 19.7. The van der Waals surface area contributed by atoms with Crippen LogP contribution in [0, 0.1) is 0 Å². The minimum absolute atomic E-state index is 0.152. The van der Waals surface area contributed by atoms with Gasteiger partial charge in [0, 0.05) is 11.6 Å². The first-order chi connectivity index (χ1) is 12.0. The molecule has 7 heteroatoms. The minimum Gasteiger partial charge on any atom is -0.480 e. The van der Waals surface area contributed by atoms with Crippen molar-refractivity contribution in [3.05, 3.63) is 34.2 Å². The van der Waals surface area contributed by atoms with Gasteiger partial charge in [-0.25, -0.2) is 9.59 Å². The first-order valence-electron chi connectivity index (χ1n) is 8.80. The molecule has 0 saturated heterocycles. The lowest BCUT2D eigenvalue weighted by Crippen LogP contribution is -2.59. The van der Waals surface area contributed by atoms with Gasteiger partial charge in [-0.3, -0.25) is 9.36 Å². The van der Waals surface area contributed by atoms with Gasteiger partial charge in [0.25, 0.3) is 5.91 Å². The molecule has 1 aromatic carbocycles.